The number of likely N-dealkylation sites (tertiary alicyclic amines) is 1. The highest BCUT2D eigenvalue weighted by Crippen LogP contribution is 2.38. The maximum atomic E-state index is 13.0. The molecule has 0 N–H and O–H groups in total. The van der Waals surface area contributed by atoms with E-state index in [2.05, 4.69) is 28.9 Å². The van der Waals surface area contributed by atoms with Crippen molar-refractivity contribution < 1.29 is 4.79 Å². The van der Waals surface area contributed by atoms with Gasteiger partial charge in [-0.2, -0.15) is 0 Å². The van der Waals surface area contributed by atoms with E-state index < -0.39 is 0 Å². The Hall–Kier alpha value is -2.02. The first kappa shape index (κ1) is 16.2. The molecule has 7 heteroatoms. The molecule has 3 aromatic rings. The molecular weight excluding hydrogens is 346 g/mol. The van der Waals surface area contributed by atoms with Crippen LogP contribution in [0.3, 0.4) is 0 Å². The third-order valence-electron chi connectivity index (χ3n) is 5.88. The molecule has 0 spiro atoms. The van der Waals surface area contributed by atoms with Crippen LogP contribution < -0.4 is 0 Å². The number of carbonyl (C=O) groups is 1. The van der Waals surface area contributed by atoms with E-state index in [1.54, 1.807) is 22.2 Å². The molecule has 6 nitrogen and oxygen atoms in total. The Labute approximate surface area is 156 Å². The number of hydrogen-bond acceptors (Lipinski definition) is 5. The van der Waals surface area contributed by atoms with E-state index in [0.717, 1.165) is 48.1 Å². The Morgan fingerprint density at radius 1 is 1.27 bits per heavy atom. The molecule has 136 valence electrons. The lowest BCUT2D eigenvalue weighted by Crippen LogP contribution is -2.42. The van der Waals surface area contributed by atoms with Gasteiger partial charge in [-0.05, 0) is 56.9 Å². The van der Waals surface area contributed by atoms with E-state index in [4.69, 9.17) is 0 Å². The highest BCUT2D eigenvalue weighted by Gasteiger charge is 2.29. The van der Waals surface area contributed by atoms with Crippen LogP contribution in [-0.2, 0) is 12.8 Å². The topological polar surface area (TPSA) is 63.4 Å². The molecule has 2 atom stereocenters. The van der Waals surface area contributed by atoms with Gasteiger partial charge in [-0.15, -0.1) is 16.4 Å². The summed E-state index contributed by atoms with van der Waals surface area (Å²) < 4.78 is 1.69. The summed E-state index contributed by atoms with van der Waals surface area (Å²) in [6.07, 6.45) is 8.43. The zero-order valence-corrected chi connectivity index (χ0v) is 16.1. The van der Waals surface area contributed by atoms with Gasteiger partial charge in [0.25, 0.3) is 5.91 Å². The van der Waals surface area contributed by atoms with E-state index in [1.165, 1.54) is 23.3 Å². The molecule has 1 amide bonds. The summed E-state index contributed by atoms with van der Waals surface area (Å²) >= 11 is 1.78. The molecule has 0 saturated carbocycles. The van der Waals surface area contributed by atoms with Crippen molar-refractivity contribution in [1.29, 1.82) is 0 Å². The standard InChI is InChI=1S/C19H23N5OS/c1-11-6-7-14-13(9-11)15-17-21-16(22-24(17)10-20-18(15)26-14)19(25)23-8-4-3-5-12(23)2/h10-12H,3-9H2,1-2H3. The van der Waals surface area contributed by atoms with Crippen LogP contribution in [0.1, 0.15) is 60.6 Å². The number of amides is 1. The molecular formula is C19H23N5OS. The van der Waals surface area contributed by atoms with Gasteiger partial charge < -0.3 is 4.90 Å². The summed E-state index contributed by atoms with van der Waals surface area (Å²) in [4.78, 5) is 26.6. The Morgan fingerprint density at radius 3 is 3.00 bits per heavy atom. The summed E-state index contributed by atoms with van der Waals surface area (Å²) in [5.74, 6) is 0.933. The summed E-state index contributed by atoms with van der Waals surface area (Å²) in [6, 6.07) is 0.260. The summed E-state index contributed by atoms with van der Waals surface area (Å²) in [5, 5.41) is 5.59. The zero-order chi connectivity index (χ0) is 17.8. The second-order valence-electron chi connectivity index (χ2n) is 7.82. The first-order valence-corrected chi connectivity index (χ1v) is 10.4. The summed E-state index contributed by atoms with van der Waals surface area (Å²) in [5.41, 5.74) is 2.16. The summed E-state index contributed by atoms with van der Waals surface area (Å²) in [6.45, 7) is 5.22. The Balaban J connectivity index is 1.62. The average Bonchev–Trinajstić information content (AvgIpc) is 3.22. The minimum absolute atomic E-state index is 0.0495. The molecule has 0 radical (unpaired) electrons. The molecule has 3 aromatic heterocycles. The summed E-state index contributed by atoms with van der Waals surface area (Å²) in [7, 11) is 0. The molecule has 1 saturated heterocycles. The molecule has 1 fully saturated rings. The van der Waals surface area contributed by atoms with Crippen molar-refractivity contribution >= 4 is 33.1 Å². The van der Waals surface area contributed by atoms with Crippen molar-refractivity contribution in [2.75, 3.05) is 6.54 Å². The molecule has 1 aliphatic carbocycles. The largest absolute Gasteiger partial charge is 0.333 e. The predicted octanol–water partition coefficient (Wildman–Crippen LogP) is 3.48. The Bertz CT molecular complexity index is 1010. The van der Waals surface area contributed by atoms with Gasteiger partial charge in [-0.3, -0.25) is 4.79 Å². The molecule has 5 rings (SSSR count). The number of thiophene rings is 1. The van der Waals surface area contributed by atoms with Crippen LogP contribution in [0.2, 0.25) is 0 Å². The maximum Gasteiger partial charge on any atom is 0.293 e. The van der Waals surface area contributed by atoms with Gasteiger partial charge >= 0.3 is 0 Å². The molecule has 26 heavy (non-hydrogen) atoms. The lowest BCUT2D eigenvalue weighted by Gasteiger charge is -2.32. The number of fused-ring (bicyclic) bond motifs is 5. The van der Waals surface area contributed by atoms with Crippen LogP contribution in [0.4, 0.5) is 0 Å². The van der Waals surface area contributed by atoms with Gasteiger partial charge in [0.15, 0.2) is 5.65 Å². The van der Waals surface area contributed by atoms with Crippen molar-refractivity contribution in [2.45, 2.75) is 58.4 Å². The minimum Gasteiger partial charge on any atom is -0.333 e. The molecule has 2 unspecified atom stereocenters. The average molecular weight is 369 g/mol. The number of aromatic nitrogens is 4. The maximum absolute atomic E-state index is 13.0. The lowest BCUT2D eigenvalue weighted by atomic mass is 9.89. The van der Waals surface area contributed by atoms with E-state index in [-0.39, 0.29) is 11.9 Å². The second kappa shape index (κ2) is 6.01. The van der Waals surface area contributed by atoms with Gasteiger partial charge in [0, 0.05) is 17.5 Å². The van der Waals surface area contributed by atoms with Gasteiger partial charge in [-0.25, -0.2) is 14.5 Å². The highest BCUT2D eigenvalue weighted by molar-refractivity contribution is 7.19. The molecule has 0 aromatic carbocycles. The zero-order valence-electron chi connectivity index (χ0n) is 15.2. The van der Waals surface area contributed by atoms with Gasteiger partial charge in [0.05, 0.1) is 5.39 Å². The number of aryl methyl sites for hydroxylation is 1. The van der Waals surface area contributed by atoms with Crippen LogP contribution in [0.15, 0.2) is 6.33 Å². The van der Waals surface area contributed by atoms with Crippen LogP contribution in [-0.4, -0.2) is 43.0 Å². The molecule has 2 aliphatic rings. The number of piperidine rings is 1. The number of nitrogens with zero attached hydrogens (tertiary/aromatic N) is 5. The monoisotopic (exact) mass is 369 g/mol. The third kappa shape index (κ3) is 2.44. The third-order valence-corrected chi connectivity index (χ3v) is 7.08. The van der Waals surface area contributed by atoms with E-state index in [1.807, 2.05) is 4.90 Å². The fraction of sp³-hybridized carbons (Fsp3) is 0.579. The first-order valence-electron chi connectivity index (χ1n) is 9.58. The van der Waals surface area contributed by atoms with Crippen LogP contribution in [0.5, 0.6) is 0 Å². The number of hydrogen-bond donors (Lipinski definition) is 0. The van der Waals surface area contributed by atoms with E-state index in [9.17, 15) is 4.79 Å². The van der Waals surface area contributed by atoms with Gasteiger partial charge in [-0.1, -0.05) is 6.92 Å². The SMILES string of the molecule is CC1CCc2sc3ncn4nc(C(=O)N5CCCCC5C)nc4c3c2C1. The number of carbonyl (C=O) groups excluding carboxylic acids is 1. The normalized spacial score (nSPS) is 23.5. The van der Waals surface area contributed by atoms with Crippen molar-refractivity contribution in [2.24, 2.45) is 5.92 Å². The smallest absolute Gasteiger partial charge is 0.293 e. The first-order chi connectivity index (χ1) is 12.6. The number of rotatable bonds is 1. The second-order valence-corrected chi connectivity index (χ2v) is 8.91. The fourth-order valence-corrected chi connectivity index (χ4v) is 5.54. The fourth-order valence-electron chi connectivity index (χ4n) is 4.37. The Morgan fingerprint density at radius 2 is 2.15 bits per heavy atom. The van der Waals surface area contributed by atoms with Crippen molar-refractivity contribution in [3.8, 4) is 0 Å². The van der Waals surface area contributed by atoms with Crippen LogP contribution in [0.25, 0.3) is 15.9 Å². The van der Waals surface area contributed by atoms with Gasteiger partial charge in [0.2, 0.25) is 5.82 Å². The highest BCUT2D eigenvalue weighted by atomic mass is 32.1. The van der Waals surface area contributed by atoms with E-state index in [0.29, 0.717) is 11.7 Å². The quantitative estimate of drug-likeness (QED) is 0.659. The van der Waals surface area contributed by atoms with Crippen LogP contribution >= 0.6 is 11.3 Å². The van der Waals surface area contributed by atoms with E-state index >= 15 is 0 Å². The van der Waals surface area contributed by atoms with Crippen LogP contribution in [0, 0.1) is 5.92 Å². The lowest BCUT2D eigenvalue weighted by molar-refractivity contribution is 0.0623. The Kier molecular flexibility index (Phi) is 3.74. The van der Waals surface area contributed by atoms with Crippen molar-refractivity contribution in [3.05, 3.63) is 22.6 Å². The molecule has 0 bridgehead atoms. The molecule has 1 aliphatic heterocycles. The predicted molar refractivity (Wildman–Crippen MR) is 102 cm³/mol. The minimum atomic E-state index is -0.0495. The van der Waals surface area contributed by atoms with Crippen molar-refractivity contribution in [1.82, 2.24) is 24.5 Å². The van der Waals surface area contributed by atoms with Gasteiger partial charge in [0.1, 0.15) is 11.2 Å². The van der Waals surface area contributed by atoms with Crippen molar-refractivity contribution in [3.63, 3.8) is 0 Å². The molecule has 4 heterocycles.